The molecule has 0 saturated heterocycles. The first-order chi connectivity index (χ1) is 10.2. The molecule has 0 aliphatic carbocycles. The molecule has 4 N–H and O–H groups in total. The second-order valence-corrected chi connectivity index (χ2v) is 4.45. The number of aromatic nitrogens is 4. The largest absolute Gasteiger partial charge is 0.437 e. The predicted octanol–water partition coefficient (Wildman–Crippen LogP) is 1.12. The molecule has 0 spiro atoms. The average Bonchev–Trinajstić information content (AvgIpc) is 2.89. The normalized spacial score (nSPS) is 11.3. The zero-order chi connectivity index (χ0) is 16.5. The fourth-order valence-electron chi connectivity index (χ4n) is 1.62. The summed E-state index contributed by atoms with van der Waals surface area (Å²) in [5, 5.41) is 8.45. The number of nitrogens with one attached hydrogen (secondary N) is 2. The average molecular weight is 315 g/mol. The van der Waals surface area contributed by atoms with Crippen LogP contribution in [-0.2, 0) is 6.18 Å². The lowest BCUT2D eigenvalue weighted by Gasteiger charge is -2.18. The third-order valence-electron chi connectivity index (χ3n) is 2.56. The van der Waals surface area contributed by atoms with Crippen molar-refractivity contribution in [2.45, 2.75) is 6.18 Å². The van der Waals surface area contributed by atoms with Crippen LogP contribution < -0.4 is 16.0 Å². The van der Waals surface area contributed by atoms with Gasteiger partial charge in [0.05, 0.1) is 6.20 Å². The van der Waals surface area contributed by atoms with Crippen LogP contribution in [0.5, 0.6) is 0 Å². The van der Waals surface area contributed by atoms with Crippen molar-refractivity contribution in [2.24, 2.45) is 0 Å². The van der Waals surface area contributed by atoms with E-state index in [1.807, 2.05) is 0 Å². The molecule has 0 aliphatic rings. The number of rotatable bonds is 3. The summed E-state index contributed by atoms with van der Waals surface area (Å²) in [7, 11) is 2.71. The molecular weight excluding hydrogens is 303 g/mol. The second kappa shape index (κ2) is 5.50. The molecular formula is C11H12F3N7O. The van der Waals surface area contributed by atoms with E-state index in [2.05, 4.69) is 25.5 Å². The number of amides is 1. The van der Waals surface area contributed by atoms with Crippen molar-refractivity contribution >= 4 is 23.4 Å². The Labute approximate surface area is 122 Å². The molecule has 0 radical (unpaired) electrons. The topological polar surface area (TPSA) is 113 Å². The molecule has 2 heterocycles. The Morgan fingerprint density at radius 2 is 2.05 bits per heavy atom. The highest BCUT2D eigenvalue weighted by Crippen LogP contribution is 2.34. The maximum Gasteiger partial charge on any atom is 0.437 e. The lowest BCUT2D eigenvalue weighted by molar-refractivity contribution is -0.140. The quantitative estimate of drug-likeness (QED) is 0.782. The molecule has 0 aliphatic heterocycles. The summed E-state index contributed by atoms with van der Waals surface area (Å²) in [5.74, 6) is -1.67. The number of hydrogen-bond acceptors (Lipinski definition) is 6. The van der Waals surface area contributed by atoms with Crippen LogP contribution in [0.1, 0.15) is 16.2 Å². The Hall–Kier alpha value is -2.85. The highest BCUT2D eigenvalue weighted by molar-refractivity contribution is 6.05. The Balaban J connectivity index is 2.45. The molecule has 0 aromatic carbocycles. The van der Waals surface area contributed by atoms with Gasteiger partial charge in [0, 0.05) is 20.2 Å². The standard InChI is InChI=1S/C11H12F3N7O/c1-21(2)9-7(11(12,13)14)19-8(15)6(18-9)10(22)17-5-3-4-16-20-5/h3-4H,1-2H3,(H2,15,19)(H2,16,17,20,22). The van der Waals surface area contributed by atoms with Crippen molar-refractivity contribution in [3.63, 3.8) is 0 Å². The summed E-state index contributed by atoms with van der Waals surface area (Å²) in [6.07, 6.45) is -3.35. The van der Waals surface area contributed by atoms with Crippen molar-refractivity contribution < 1.29 is 18.0 Å². The van der Waals surface area contributed by atoms with Gasteiger partial charge in [-0.3, -0.25) is 9.89 Å². The van der Waals surface area contributed by atoms with Crippen molar-refractivity contribution in [1.29, 1.82) is 0 Å². The van der Waals surface area contributed by atoms with Crippen LogP contribution in [0, 0.1) is 0 Å². The van der Waals surface area contributed by atoms with Gasteiger partial charge in [-0.2, -0.15) is 18.3 Å². The minimum atomic E-state index is -4.74. The summed E-state index contributed by atoms with van der Waals surface area (Å²) in [5.41, 5.74) is 3.77. The maximum atomic E-state index is 12.9. The van der Waals surface area contributed by atoms with E-state index >= 15 is 0 Å². The van der Waals surface area contributed by atoms with Crippen LogP contribution in [0.15, 0.2) is 12.3 Å². The third-order valence-corrected chi connectivity index (χ3v) is 2.56. The van der Waals surface area contributed by atoms with Gasteiger partial charge in [-0.05, 0) is 0 Å². The van der Waals surface area contributed by atoms with E-state index in [1.165, 1.54) is 26.4 Å². The lowest BCUT2D eigenvalue weighted by Crippen LogP contribution is -2.25. The summed E-state index contributed by atoms with van der Waals surface area (Å²) in [6.45, 7) is 0. The van der Waals surface area contributed by atoms with Crippen LogP contribution >= 0.6 is 0 Å². The van der Waals surface area contributed by atoms with Gasteiger partial charge >= 0.3 is 6.18 Å². The first-order valence-electron chi connectivity index (χ1n) is 5.93. The van der Waals surface area contributed by atoms with Crippen LogP contribution in [0.25, 0.3) is 0 Å². The molecule has 11 heteroatoms. The molecule has 0 fully saturated rings. The van der Waals surface area contributed by atoms with E-state index in [1.54, 1.807) is 0 Å². The zero-order valence-electron chi connectivity index (χ0n) is 11.6. The summed E-state index contributed by atoms with van der Waals surface area (Å²) < 4.78 is 38.8. The number of nitrogens with two attached hydrogens (primary N) is 1. The van der Waals surface area contributed by atoms with Crippen molar-refractivity contribution in [1.82, 2.24) is 20.2 Å². The molecule has 2 aromatic heterocycles. The Morgan fingerprint density at radius 3 is 2.55 bits per heavy atom. The first-order valence-corrected chi connectivity index (χ1v) is 5.93. The van der Waals surface area contributed by atoms with Gasteiger partial charge < -0.3 is 16.0 Å². The van der Waals surface area contributed by atoms with Gasteiger partial charge in [0.1, 0.15) is 5.82 Å². The fourth-order valence-corrected chi connectivity index (χ4v) is 1.62. The number of halogens is 3. The number of aromatic amines is 1. The molecule has 0 bridgehead atoms. The second-order valence-electron chi connectivity index (χ2n) is 4.45. The monoisotopic (exact) mass is 315 g/mol. The number of hydrogen-bond donors (Lipinski definition) is 3. The van der Waals surface area contributed by atoms with Crippen LogP contribution in [0.2, 0.25) is 0 Å². The molecule has 8 nitrogen and oxygen atoms in total. The maximum absolute atomic E-state index is 12.9. The SMILES string of the molecule is CN(C)c1nc(C(=O)Nc2ccn[nH]2)c(N)nc1C(F)(F)F. The van der Waals surface area contributed by atoms with E-state index < -0.39 is 35.1 Å². The summed E-state index contributed by atoms with van der Waals surface area (Å²) in [4.78, 5) is 20.1. The lowest BCUT2D eigenvalue weighted by atomic mass is 10.3. The molecule has 22 heavy (non-hydrogen) atoms. The fraction of sp³-hybridized carbons (Fsp3) is 0.273. The highest BCUT2D eigenvalue weighted by atomic mass is 19.4. The Morgan fingerprint density at radius 1 is 1.36 bits per heavy atom. The molecule has 118 valence electrons. The van der Waals surface area contributed by atoms with E-state index in [0.29, 0.717) is 0 Å². The zero-order valence-corrected chi connectivity index (χ0v) is 11.6. The van der Waals surface area contributed by atoms with Crippen LogP contribution in [-0.4, -0.2) is 40.2 Å². The summed E-state index contributed by atoms with van der Waals surface area (Å²) >= 11 is 0. The third kappa shape index (κ3) is 3.07. The minimum absolute atomic E-state index is 0.248. The minimum Gasteiger partial charge on any atom is -0.382 e. The van der Waals surface area contributed by atoms with Gasteiger partial charge in [0.15, 0.2) is 23.0 Å². The van der Waals surface area contributed by atoms with Gasteiger partial charge in [-0.1, -0.05) is 0 Å². The molecule has 2 aromatic rings. The molecule has 0 saturated carbocycles. The Kier molecular flexibility index (Phi) is 3.89. The number of nitrogens with zero attached hydrogens (tertiary/aromatic N) is 4. The van der Waals surface area contributed by atoms with Crippen molar-refractivity contribution in [3.8, 4) is 0 Å². The molecule has 2 rings (SSSR count). The molecule has 0 unspecified atom stereocenters. The smallest absolute Gasteiger partial charge is 0.382 e. The van der Waals surface area contributed by atoms with Gasteiger partial charge in [-0.25, -0.2) is 9.97 Å². The van der Waals surface area contributed by atoms with Crippen molar-refractivity contribution in [2.75, 3.05) is 30.0 Å². The van der Waals surface area contributed by atoms with Gasteiger partial charge in [0.2, 0.25) is 0 Å². The number of carbonyl (C=O) groups is 1. The number of H-pyrrole nitrogens is 1. The number of anilines is 3. The molecule has 1 amide bonds. The number of carbonyl (C=O) groups excluding carboxylic acids is 1. The van der Waals surface area contributed by atoms with Crippen LogP contribution in [0.3, 0.4) is 0 Å². The van der Waals surface area contributed by atoms with E-state index in [-0.39, 0.29) is 5.82 Å². The van der Waals surface area contributed by atoms with E-state index in [0.717, 1.165) is 4.90 Å². The van der Waals surface area contributed by atoms with Crippen LogP contribution in [0.4, 0.5) is 30.6 Å². The Bertz CT molecular complexity index is 682. The predicted molar refractivity (Wildman–Crippen MR) is 72.3 cm³/mol. The highest BCUT2D eigenvalue weighted by Gasteiger charge is 2.38. The van der Waals surface area contributed by atoms with Crippen molar-refractivity contribution in [3.05, 3.63) is 23.7 Å². The summed E-state index contributed by atoms with van der Waals surface area (Å²) in [6, 6.07) is 1.46. The number of nitrogen functional groups attached to an aromatic ring is 1. The number of alkyl halides is 3. The first kappa shape index (κ1) is 15.5. The van der Waals surface area contributed by atoms with E-state index in [9.17, 15) is 18.0 Å². The molecule has 0 atom stereocenters. The van der Waals surface area contributed by atoms with Gasteiger partial charge in [-0.15, -0.1) is 0 Å². The van der Waals surface area contributed by atoms with E-state index in [4.69, 9.17) is 5.73 Å². The van der Waals surface area contributed by atoms with Gasteiger partial charge in [0.25, 0.3) is 5.91 Å².